The number of carbonyl (C=O) groups is 1. The van der Waals surface area contributed by atoms with Crippen LogP contribution in [0.5, 0.6) is 5.75 Å². The van der Waals surface area contributed by atoms with E-state index >= 15 is 0 Å². The number of amides is 1. The van der Waals surface area contributed by atoms with Gasteiger partial charge in [-0.15, -0.1) is 0 Å². The number of fused-ring (bicyclic) bond motifs is 1. The maximum Gasteiger partial charge on any atom is 0.245 e. The Balaban J connectivity index is 1.77. The molecule has 3 aromatic rings. The van der Waals surface area contributed by atoms with Crippen molar-refractivity contribution in [2.75, 3.05) is 26.0 Å². The minimum atomic E-state index is -3.88. The van der Waals surface area contributed by atoms with Crippen LogP contribution in [0.3, 0.4) is 0 Å². The number of aromatic nitrogens is 2. The number of rotatable bonds is 6. The molecule has 1 amide bonds. The topological polar surface area (TPSA) is 101 Å². The molecule has 0 saturated carbocycles. The third-order valence-corrected chi connectivity index (χ3v) is 6.03. The zero-order valence-corrected chi connectivity index (χ0v) is 15.7. The Morgan fingerprint density at radius 2 is 2.00 bits per heavy atom. The lowest BCUT2D eigenvalue weighted by molar-refractivity contribution is -0.116. The maximum atomic E-state index is 12.8. The average Bonchev–Trinajstić information content (AvgIpc) is 3.10. The van der Waals surface area contributed by atoms with Gasteiger partial charge in [0.1, 0.15) is 21.7 Å². The summed E-state index contributed by atoms with van der Waals surface area (Å²) >= 11 is 0.940. The summed E-state index contributed by atoms with van der Waals surface area (Å²) in [5, 5.41) is 2.65. The van der Waals surface area contributed by atoms with E-state index < -0.39 is 15.9 Å². The third kappa shape index (κ3) is 3.66. The van der Waals surface area contributed by atoms with Gasteiger partial charge in [0.2, 0.25) is 15.9 Å². The van der Waals surface area contributed by atoms with E-state index in [4.69, 9.17) is 4.74 Å². The minimum Gasteiger partial charge on any atom is -0.497 e. The highest BCUT2D eigenvalue weighted by Gasteiger charge is 2.26. The van der Waals surface area contributed by atoms with Crippen LogP contribution in [-0.4, -0.2) is 48.1 Å². The molecule has 0 radical (unpaired) electrons. The van der Waals surface area contributed by atoms with E-state index in [2.05, 4.69) is 14.1 Å². The molecule has 26 heavy (non-hydrogen) atoms. The summed E-state index contributed by atoms with van der Waals surface area (Å²) in [7, 11) is -1.01. The number of ether oxygens (including phenoxy) is 1. The van der Waals surface area contributed by atoms with Crippen LogP contribution in [0.15, 0.2) is 47.4 Å². The standard InChI is InChI=1S/C16H16N4O4S2/c1-20(10-15(21)17-11-5-3-6-12(9-11)24-2)26(22,23)14-8-4-7-13-16(14)19-25-18-13/h3-9H,10H2,1-2H3,(H,17,21). The minimum absolute atomic E-state index is 0.0282. The van der Waals surface area contributed by atoms with Crippen LogP contribution < -0.4 is 10.1 Å². The van der Waals surface area contributed by atoms with Crippen molar-refractivity contribution in [1.82, 2.24) is 13.1 Å². The Hall–Kier alpha value is -2.56. The molecule has 3 rings (SSSR count). The summed E-state index contributed by atoms with van der Waals surface area (Å²) in [6.07, 6.45) is 0. The first-order valence-corrected chi connectivity index (χ1v) is 9.70. The van der Waals surface area contributed by atoms with Crippen LogP contribution in [0.25, 0.3) is 11.0 Å². The summed E-state index contributed by atoms with van der Waals surface area (Å²) < 4.78 is 39.8. The van der Waals surface area contributed by atoms with Crippen molar-refractivity contribution in [3.63, 3.8) is 0 Å². The van der Waals surface area contributed by atoms with Crippen LogP contribution in [0, 0.1) is 0 Å². The molecule has 0 fully saturated rings. The second kappa shape index (κ2) is 7.36. The van der Waals surface area contributed by atoms with Crippen molar-refractivity contribution in [3.05, 3.63) is 42.5 Å². The molecule has 0 aliphatic heterocycles. The molecule has 1 aromatic heterocycles. The predicted octanol–water partition coefficient (Wildman–Crippen LogP) is 1.96. The van der Waals surface area contributed by atoms with Gasteiger partial charge in [0.25, 0.3) is 0 Å². The number of likely N-dealkylation sites (N-methyl/N-ethyl adjacent to an activating group) is 1. The van der Waals surface area contributed by atoms with Crippen molar-refractivity contribution >= 4 is 44.4 Å². The second-order valence-corrected chi connectivity index (χ2v) is 7.97. The highest BCUT2D eigenvalue weighted by molar-refractivity contribution is 7.89. The van der Waals surface area contributed by atoms with Crippen LogP contribution >= 0.6 is 11.7 Å². The fraction of sp³-hybridized carbons (Fsp3) is 0.188. The lowest BCUT2D eigenvalue weighted by Gasteiger charge is -2.17. The molecule has 1 heterocycles. The van der Waals surface area contributed by atoms with E-state index in [9.17, 15) is 13.2 Å². The summed E-state index contributed by atoms with van der Waals surface area (Å²) in [5.74, 6) is 0.124. The molecule has 10 heteroatoms. The number of anilines is 1. The highest BCUT2D eigenvalue weighted by atomic mass is 32.2. The molecule has 136 valence electrons. The monoisotopic (exact) mass is 392 g/mol. The van der Waals surface area contributed by atoms with Crippen molar-refractivity contribution in [3.8, 4) is 5.75 Å². The van der Waals surface area contributed by atoms with Crippen LogP contribution in [0.4, 0.5) is 5.69 Å². The Bertz CT molecular complexity index is 1050. The SMILES string of the molecule is COc1cccc(NC(=O)CN(C)S(=O)(=O)c2cccc3nsnc23)c1. The Morgan fingerprint density at radius 1 is 1.23 bits per heavy atom. The van der Waals surface area contributed by atoms with Gasteiger partial charge < -0.3 is 10.1 Å². The molecule has 0 aliphatic carbocycles. The first kappa shape index (κ1) is 18.2. The molecule has 0 spiro atoms. The van der Waals surface area contributed by atoms with Crippen LogP contribution in [0.1, 0.15) is 0 Å². The predicted molar refractivity (Wildman–Crippen MR) is 98.9 cm³/mol. The van der Waals surface area contributed by atoms with E-state index in [1.807, 2.05) is 0 Å². The molecule has 0 bridgehead atoms. The number of sulfonamides is 1. The number of nitrogens with zero attached hydrogens (tertiary/aromatic N) is 3. The molecular weight excluding hydrogens is 376 g/mol. The van der Waals surface area contributed by atoms with Crippen molar-refractivity contribution in [1.29, 1.82) is 0 Å². The fourth-order valence-electron chi connectivity index (χ4n) is 2.35. The molecule has 0 unspecified atom stereocenters. The van der Waals surface area contributed by atoms with Gasteiger partial charge in [-0.25, -0.2) is 8.42 Å². The molecule has 2 aromatic carbocycles. The van der Waals surface area contributed by atoms with Gasteiger partial charge in [0.05, 0.1) is 25.4 Å². The number of methoxy groups -OCH3 is 1. The normalized spacial score (nSPS) is 11.7. The average molecular weight is 392 g/mol. The Labute approximate surface area is 154 Å². The fourth-order valence-corrected chi connectivity index (χ4v) is 4.22. The quantitative estimate of drug-likeness (QED) is 0.688. The molecule has 0 atom stereocenters. The lowest BCUT2D eigenvalue weighted by Crippen LogP contribution is -2.35. The number of carbonyl (C=O) groups excluding carboxylic acids is 1. The molecule has 1 N–H and O–H groups in total. The molecule has 0 saturated heterocycles. The zero-order valence-electron chi connectivity index (χ0n) is 14.0. The molecule has 0 aliphatic rings. The van der Waals surface area contributed by atoms with Crippen LogP contribution in [0.2, 0.25) is 0 Å². The van der Waals surface area contributed by atoms with Gasteiger partial charge in [-0.1, -0.05) is 12.1 Å². The van der Waals surface area contributed by atoms with E-state index in [-0.39, 0.29) is 11.4 Å². The Morgan fingerprint density at radius 3 is 2.77 bits per heavy atom. The van der Waals surface area contributed by atoms with E-state index in [1.165, 1.54) is 20.2 Å². The maximum absolute atomic E-state index is 12.8. The van der Waals surface area contributed by atoms with Crippen molar-refractivity contribution < 1.29 is 17.9 Å². The van der Waals surface area contributed by atoms with Crippen LogP contribution in [-0.2, 0) is 14.8 Å². The summed E-state index contributed by atoms with van der Waals surface area (Å²) in [5.41, 5.74) is 1.33. The van der Waals surface area contributed by atoms with Gasteiger partial charge in [0.15, 0.2) is 0 Å². The van der Waals surface area contributed by atoms with Gasteiger partial charge >= 0.3 is 0 Å². The second-order valence-electron chi connectivity index (χ2n) is 5.43. The molecular formula is C16H16N4O4S2. The highest BCUT2D eigenvalue weighted by Crippen LogP contribution is 2.23. The number of hydrogen-bond acceptors (Lipinski definition) is 7. The van der Waals surface area contributed by atoms with Crippen molar-refractivity contribution in [2.45, 2.75) is 4.90 Å². The Kier molecular flexibility index (Phi) is 5.16. The van der Waals surface area contributed by atoms with Gasteiger partial charge in [0, 0.05) is 18.8 Å². The first-order valence-electron chi connectivity index (χ1n) is 7.53. The number of nitrogens with one attached hydrogen (secondary N) is 1. The van der Waals surface area contributed by atoms with E-state index in [0.29, 0.717) is 22.5 Å². The number of benzene rings is 2. The summed E-state index contributed by atoms with van der Waals surface area (Å²) in [6.45, 7) is -0.340. The summed E-state index contributed by atoms with van der Waals surface area (Å²) in [4.78, 5) is 12.3. The van der Waals surface area contributed by atoms with Gasteiger partial charge in [-0.05, 0) is 24.3 Å². The zero-order chi connectivity index (χ0) is 18.7. The van der Waals surface area contributed by atoms with Gasteiger partial charge in [-0.2, -0.15) is 13.1 Å². The van der Waals surface area contributed by atoms with E-state index in [1.54, 1.807) is 36.4 Å². The van der Waals surface area contributed by atoms with E-state index in [0.717, 1.165) is 16.0 Å². The first-order chi connectivity index (χ1) is 12.4. The smallest absolute Gasteiger partial charge is 0.245 e. The molecule has 8 nitrogen and oxygen atoms in total. The largest absolute Gasteiger partial charge is 0.497 e. The van der Waals surface area contributed by atoms with Crippen molar-refractivity contribution in [2.24, 2.45) is 0 Å². The lowest BCUT2D eigenvalue weighted by atomic mass is 10.3. The number of hydrogen-bond donors (Lipinski definition) is 1. The van der Waals surface area contributed by atoms with Gasteiger partial charge in [-0.3, -0.25) is 4.79 Å². The summed E-state index contributed by atoms with van der Waals surface area (Å²) in [6, 6.07) is 11.5. The third-order valence-electron chi connectivity index (χ3n) is 3.66.